The molecule has 0 fully saturated rings. The van der Waals surface area contributed by atoms with Gasteiger partial charge in [-0.05, 0) is 44.9 Å². The number of benzene rings is 1. The van der Waals surface area contributed by atoms with Crippen LogP contribution >= 0.6 is 0 Å². The Morgan fingerprint density at radius 2 is 1.70 bits per heavy atom. The van der Waals surface area contributed by atoms with Gasteiger partial charge in [0.15, 0.2) is 5.78 Å². The molecule has 1 aromatic rings. The first-order valence-electron chi connectivity index (χ1n) is 6.84. The molecule has 0 aliphatic carbocycles. The van der Waals surface area contributed by atoms with Crippen LogP contribution in [-0.4, -0.2) is 25.0 Å². The average molecular weight is 278 g/mol. The van der Waals surface area contributed by atoms with Crippen molar-refractivity contribution in [2.75, 3.05) is 13.2 Å². The number of carbonyl (C=O) groups is 2. The van der Waals surface area contributed by atoms with Gasteiger partial charge in [0.05, 0.1) is 6.61 Å². The molecule has 20 heavy (non-hydrogen) atoms. The van der Waals surface area contributed by atoms with Crippen molar-refractivity contribution in [3.8, 4) is 5.75 Å². The minimum absolute atomic E-state index is 0.142. The van der Waals surface area contributed by atoms with E-state index in [4.69, 9.17) is 9.47 Å². The van der Waals surface area contributed by atoms with Crippen molar-refractivity contribution in [1.29, 1.82) is 0 Å². The summed E-state index contributed by atoms with van der Waals surface area (Å²) < 4.78 is 10.3. The normalized spacial score (nSPS) is 11.0. The van der Waals surface area contributed by atoms with Crippen LogP contribution in [0, 0.1) is 5.41 Å². The Hall–Kier alpha value is -1.84. The van der Waals surface area contributed by atoms with Gasteiger partial charge in [0.2, 0.25) is 0 Å². The van der Waals surface area contributed by atoms with Crippen molar-refractivity contribution in [1.82, 2.24) is 0 Å². The number of esters is 1. The van der Waals surface area contributed by atoms with E-state index in [-0.39, 0.29) is 19.0 Å². The van der Waals surface area contributed by atoms with E-state index in [1.807, 2.05) is 24.3 Å². The first-order valence-corrected chi connectivity index (χ1v) is 6.84. The second-order valence-electron chi connectivity index (χ2n) is 5.05. The SMILES string of the molecule is CCOC(=O)C(C)(C)C(=O)COc1ccc(CC)cc1. The summed E-state index contributed by atoms with van der Waals surface area (Å²) in [6.07, 6.45) is 0.953. The number of aryl methyl sites for hydroxylation is 1. The molecule has 0 saturated heterocycles. The zero-order chi connectivity index (χ0) is 15.2. The van der Waals surface area contributed by atoms with Crippen LogP contribution in [0.3, 0.4) is 0 Å². The quantitative estimate of drug-likeness (QED) is 0.568. The zero-order valence-corrected chi connectivity index (χ0v) is 12.6. The van der Waals surface area contributed by atoms with Crippen molar-refractivity contribution in [3.63, 3.8) is 0 Å². The van der Waals surface area contributed by atoms with E-state index >= 15 is 0 Å². The highest BCUT2D eigenvalue weighted by atomic mass is 16.5. The topological polar surface area (TPSA) is 52.6 Å². The third-order valence-electron chi connectivity index (χ3n) is 3.18. The number of hydrogen-bond donors (Lipinski definition) is 0. The Bertz CT molecular complexity index is 460. The molecule has 0 saturated carbocycles. The Balaban J connectivity index is 2.59. The van der Waals surface area contributed by atoms with Crippen LogP contribution in [0.2, 0.25) is 0 Å². The highest BCUT2D eigenvalue weighted by molar-refractivity contribution is 6.03. The lowest BCUT2D eigenvalue weighted by Gasteiger charge is -2.20. The van der Waals surface area contributed by atoms with E-state index in [0.29, 0.717) is 5.75 Å². The van der Waals surface area contributed by atoms with Gasteiger partial charge in [-0.2, -0.15) is 0 Å². The number of hydrogen-bond acceptors (Lipinski definition) is 4. The summed E-state index contributed by atoms with van der Waals surface area (Å²) in [5, 5.41) is 0. The summed E-state index contributed by atoms with van der Waals surface area (Å²) in [4.78, 5) is 23.8. The molecule has 0 radical (unpaired) electrons. The minimum Gasteiger partial charge on any atom is -0.486 e. The Morgan fingerprint density at radius 1 is 1.10 bits per heavy atom. The van der Waals surface area contributed by atoms with Crippen LogP contribution in [0.1, 0.15) is 33.3 Å². The predicted molar refractivity (Wildman–Crippen MR) is 76.7 cm³/mol. The molecular weight excluding hydrogens is 256 g/mol. The second-order valence-corrected chi connectivity index (χ2v) is 5.05. The fraction of sp³-hybridized carbons (Fsp3) is 0.500. The van der Waals surface area contributed by atoms with Crippen molar-refractivity contribution >= 4 is 11.8 Å². The van der Waals surface area contributed by atoms with Crippen molar-refractivity contribution in [2.24, 2.45) is 5.41 Å². The largest absolute Gasteiger partial charge is 0.486 e. The summed E-state index contributed by atoms with van der Waals surface area (Å²) in [5.74, 6) is -0.194. The summed E-state index contributed by atoms with van der Waals surface area (Å²) >= 11 is 0. The molecule has 1 rings (SSSR count). The number of carbonyl (C=O) groups excluding carboxylic acids is 2. The number of Topliss-reactive ketones (excluding diaryl/α,β-unsaturated/α-hetero) is 1. The van der Waals surface area contributed by atoms with E-state index in [2.05, 4.69) is 6.92 Å². The van der Waals surface area contributed by atoms with Crippen molar-refractivity contribution in [2.45, 2.75) is 34.1 Å². The van der Waals surface area contributed by atoms with Gasteiger partial charge in [-0.1, -0.05) is 19.1 Å². The summed E-state index contributed by atoms with van der Waals surface area (Å²) in [6, 6.07) is 7.56. The van der Waals surface area contributed by atoms with Gasteiger partial charge >= 0.3 is 5.97 Å². The van der Waals surface area contributed by atoms with Gasteiger partial charge < -0.3 is 9.47 Å². The molecule has 4 nitrogen and oxygen atoms in total. The lowest BCUT2D eigenvalue weighted by atomic mass is 9.88. The van der Waals surface area contributed by atoms with Gasteiger partial charge in [-0.25, -0.2) is 0 Å². The standard InChI is InChI=1S/C16H22O4/c1-5-12-7-9-13(10-8-12)20-11-14(17)16(3,4)15(18)19-6-2/h7-10H,5-6,11H2,1-4H3. The van der Waals surface area contributed by atoms with Gasteiger partial charge in [0.25, 0.3) is 0 Å². The molecule has 0 heterocycles. The minimum atomic E-state index is -1.18. The maximum atomic E-state index is 12.1. The molecule has 4 heteroatoms. The van der Waals surface area contributed by atoms with E-state index in [0.717, 1.165) is 6.42 Å². The summed E-state index contributed by atoms with van der Waals surface area (Å²) in [6.45, 7) is 7.01. The monoisotopic (exact) mass is 278 g/mol. The zero-order valence-electron chi connectivity index (χ0n) is 12.6. The highest BCUT2D eigenvalue weighted by Gasteiger charge is 2.37. The lowest BCUT2D eigenvalue weighted by Crippen LogP contribution is -2.38. The van der Waals surface area contributed by atoms with Crippen LogP contribution in [0.4, 0.5) is 0 Å². The molecule has 110 valence electrons. The lowest BCUT2D eigenvalue weighted by molar-refractivity contribution is -0.158. The fourth-order valence-electron chi connectivity index (χ4n) is 1.58. The van der Waals surface area contributed by atoms with Crippen LogP contribution in [-0.2, 0) is 20.7 Å². The molecule has 0 aliphatic rings. The van der Waals surface area contributed by atoms with Gasteiger partial charge in [0, 0.05) is 0 Å². The average Bonchev–Trinajstić information content (AvgIpc) is 2.45. The molecule has 0 bridgehead atoms. The summed E-state index contributed by atoms with van der Waals surface area (Å²) in [7, 11) is 0. The number of ketones is 1. The van der Waals surface area contributed by atoms with Gasteiger partial charge in [-0.15, -0.1) is 0 Å². The summed E-state index contributed by atoms with van der Waals surface area (Å²) in [5.41, 5.74) is 0.0230. The maximum absolute atomic E-state index is 12.1. The molecule has 0 aliphatic heterocycles. The molecule has 0 aromatic heterocycles. The van der Waals surface area contributed by atoms with Crippen molar-refractivity contribution in [3.05, 3.63) is 29.8 Å². The Kier molecular flexibility index (Phi) is 5.74. The first-order chi connectivity index (χ1) is 9.41. The Morgan fingerprint density at radius 3 is 2.20 bits per heavy atom. The maximum Gasteiger partial charge on any atom is 0.319 e. The molecule has 0 N–H and O–H groups in total. The number of ether oxygens (including phenoxy) is 2. The molecule has 1 aromatic carbocycles. The van der Waals surface area contributed by atoms with E-state index in [1.54, 1.807) is 20.8 Å². The van der Waals surface area contributed by atoms with Crippen LogP contribution in [0.5, 0.6) is 5.75 Å². The first kappa shape index (κ1) is 16.2. The van der Waals surface area contributed by atoms with Crippen molar-refractivity contribution < 1.29 is 19.1 Å². The van der Waals surface area contributed by atoms with Crippen LogP contribution < -0.4 is 4.74 Å². The second kappa shape index (κ2) is 7.08. The molecule has 0 unspecified atom stereocenters. The smallest absolute Gasteiger partial charge is 0.319 e. The molecule has 0 amide bonds. The van der Waals surface area contributed by atoms with E-state index in [9.17, 15) is 9.59 Å². The Labute approximate surface area is 120 Å². The fourth-order valence-corrected chi connectivity index (χ4v) is 1.58. The number of rotatable bonds is 7. The van der Waals surface area contributed by atoms with Gasteiger partial charge in [0.1, 0.15) is 17.8 Å². The highest BCUT2D eigenvalue weighted by Crippen LogP contribution is 2.20. The van der Waals surface area contributed by atoms with Gasteiger partial charge in [-0.3, -0.25) is 9.59 Å². The van der Waals surface area contributed by atoms with Crippen LogP contribution in [0.15, 0.2) is 24.3 Å². The molecule has 0 atom stereocenters. The predicted octanol–water partition coefficient (Wildman–Crippen LogP) is 2.79. The van der Waals surface area contributed by atoms with Crippen LogP contribution in [0.25, 0.3) is 0 Å². The third kappa shape index (κ3) is 4.08. The third-order valence-corrected chi connectivity index (χ3v) is 3.18. The van der Waals surface area contributed by atoms with E-state index in [1.165, 1.54) is 5.56 Å². The van der Waals surface area contributed by atoms with E-state index < -0.39 is 11.4 Å². The molecule has 0 spiro atoms. The molecular formula is C16H22O4.